The molecule has 0 amide bonds. The van der Waals surface area contributed by atoms with Crippen molar-refractivity contribution in [3.63, 3.8) is 0 Å². The summed E-state index contributed by atoms with van der Waals surface area (Å²) in [7, 11) is -3.88. The summed E-state index contributed by atoms with van der Waals surface area (Å²) in [6, 6.07) is 0. The van der Waals surface area contributed by atoms with Crippen LogP contribution in [-0.4, -0.2) is 32.3 Å². The Morgan fingerprint density at radius 1 is 1.57 bits per heavy atom. The van der Waals surface area contributed by atoms with E-state index >= 15 is 0 Å². The van der Waals surface area contributed by atoms with E-state index in [1.54, 1.807) is 0 Å². The average Bonchev–Trinajstić information content (AvgIpc) is 0.811. The topological polar surface area (TPSA) is 40.1 Å². The molecule has 0 bridgehead atoms. The molecule has 2 nitrogen and oxygen atoms in total. The summed E-state index contributed by atoms with van der Waals surface area (Å²) in [5, 5.41) is 0. The second kappa shape index (κ2) is 15.7. The van der Waals surface area contributed by atoms with Gasteiger partial charge in [0.05, 0.1) is 0 Å². The molecule has 7 heteroatoms. The minimum absolute atomic E-state index is 0. The van der Waals surface area contributed by atoms with Crippen molar-refractivity contribution in [2.45, 2.75) is 0 Å². The van der Waals surface area contributed by atoms with Crippen molar-refractivity contribution in [1.82, 2.24) is 0 Å². The van der Waals surface area contributed by atoms with Gasteiger partial charge in [-0.15, -0.1) is 0 Å². The van der Waals surface area contributed by atoms with Crippen LogP contribution in [0.1, 0.15) is 0 Å². The fourth-order valence-corrected chi connectivity index (χ4v) is 0. The normalized spacial score (nSPS) is 3.57. The van der Waals surface area contributed by atoms with Crippen LogP contribution in [0.5, 0.6) is 0 Å². The first-order chi connectivity index (χ1) is 1.73. The Morgan fingerprint density at radius 2 is 1.57 bits per heavy atom. The molecule has 7 heavy (non-hydrogen) atoms. The molecule has 0 unspecified atom stereocenters. The van der Waals surface area contributed by atoms with Gasteiger partial charge < -0.3 is 9.26 Å². The second-order valence-electron chi connectivity index (χ2n) is 0.238. The van der Waals surface area contributed by atoms with E-state index in [-0.39, 0.29) is 71.5 Å². The van der Waals surface area contributed by atoms with Gasteiger partial charge in [-0.1, -0.05) is 0 Å². The Morgan fingerprint density at radius 3 is 1.57 bits per heavy atom. The van der Waals surface area contributed by atoms with Gasteiger partial charge in [0.2, 0.25) is 0 Å². The van der Waals surface area contributed by atoms with Crippen LogP contribution in [0.15, 0.2) is 0 Å². The average molecular weight is 133 g/mol. The van der Waals surface area contributed by atoms with E-state index < -0.39 is 9.26 Å². The minimum Gasteiger partial charge on any atom is -0.560 e. The van der Waals surface area contributed by atoms with Crippen LogP contribution in [0.25, 0.3) is 0 Å². The summed E-state index contributed by atoms with van der Waals surface area (Å²) in [5.74, 6) is 0. The largest absolute Gasteiger partial charge is 2.00 e. The minimum atomic E-state index is -3.88. The van der Waals surface area contributed by atoms with Crippen LogP contribution in [0.2, 0.25) is 0 Å². The van der Waals surface area contributed by atoms with Gasteiger partial charge >= 0.3 is 80.7 Å². The Hall–Kier alpha value is 2.11. The van der Waals surface area contributed by atoms with E-state index in [1.165, 1.54) is 0 Å². The summed E-state index contributed by atoms with van der Waals surface area (Å²) in [4.78, 5) is 8.41. The number of hydrogen-bond donors (Lipinski definition) is 0. The first kappa shape index (κ1) is 22.9. The summed E-state index contributed by atoms with van der Waals surface area (Å²) in [6.45, 7) is 0. The predicted octanol–water partition coefficient (Wildman–Crippen LogP) is -7.64. The molecule has 0 aromatic heterocycles. The number of halogens is 1. The maximum atomic E-state index is 9.99. The molecule has 0 aliphatic rings. The van der Waals surface area contributed by atoms with E-state index in [0.29, 0.717) is 0 Å². The van der Waals surface area contributed by atoms with Gasteiger partial charge in [0.25, 0.3) is 0 Å². The molecular formula is FLiMgNaO2Si+3. The molecule has 0 fully saturated rings. The number of hydrogen-bond acceptors (Lipinski definition) is 2. The first-order valence-corrected chi connectivity index (χ1v) is 1.79. The van der Waals surface area contributed by atoms with E-state index in [9.17, 15) is 4.11 Å². The van der Waals surface area contributed by atoms with Crippen LogP contribution < -0.4 is 53.2 Å². The van der Waals surface area contributed by atoms with E-state index in [4.69, 9.17) is 9.26 Å². The van der Waals surface area contributed by atoms with E-state index in [1.807, 2.05) is 0 Å². The summed E-state index contributed by atoms with van der Waals surface area (Å²) < 4.78 is 18.4. The SMILES string of the molecule is O=[Si]([O-])F.[Li+].[Mg+2].[Na+]. The zero-order chi connectivity index (χ0) is 3.58. The Kier molecular flexibility index (Phi) is 51.5. The summed E-state index contributed by atoms with van der Waals surface area (Å²) in [6.07, 6.45) is 0. The van der Waals surface area contributed by atoms with Gasteiger partial charge in [-0.05, 0) is 0 Å². The quantitative estimate of drug-likeness (QED) is 0.243. The third kappa shape index (κ3) is 68.0. The van der Waals surface area contributed by atoms with Crippen molar-refractivity contribution in [1.29, 1.82) is 0 Å². The van der Waals surface area contributed by atoms with E-state index in [2.05, 4.69) is 0 Å². The Bertz CT molecular complexity index is 40.7. The second-order valence-corrected chi connectivity index (χ2v) is 0.713. The van der Waals surface area contributed by atoms with Crippen LogP contribution >= 0.6 is 0 Å². The van der Waals surface area contributed by atoms with Crippen LogP contribution in [-0.2, 0) is 4.46 Å². The maximum Gasteiger partial charge on any atom is 2.00 e. The van der Waals surface area contributed by atoms with Crippen molar-refractivity contribution in [2.75, 3.05) is 0 Å². The zero-order valence-electron chi connectivity index (χ0n) is 4.40. The molecule has 0 saturated carbocycles. The molecule has 0 aromatic rings. The molecule has 0 N–H and O–H groups in total. The molecule has 0 radical (unpaired) electrons. The van der Waals surface area contributed by atoms with Gasteiger partial charge in [-0.25, -0.2) is 0 Å². The zero-order valence-corrected chi connectivity index (χ0v) is 8.82. The molecule has 0 rings (SSSR count). The van der Waals surface area contributed by atoms with Crippen molar-refractivity contribution >= 4 is 32.3 Å². The van der Waals surface area contributed by atoms with Crippen LogP contribution in [0.3, 0.4) is 0 Å². The Labute approximate surface area is 92.8 Å². The molecule has 0 aromatic carbocycles. The molecule has 0 heterocycles. The molecule has 0 aliphatic carbocycles. The number of rotatable bonds is 0. The molecule has 0 saturated heterocycles. The molecule has 0 aliphatic heterocycles. The van der Waals surface area contributed by atoms with Crippen molar-refractivity contribution in [2.24, 2.45) is 0 Å². The van der Waals surface area contributed by atoms with Gasteiger partial charge in [0, 0.05) is 0 Å². The van der Waals surface area contributed by atoms with E-state index in [0.717, 1.165) is 0 Å². The first-order valence-electron chi connectivity index (χ1n) is 0.597. The van der Waals surface area contributed by atoms with Gasteiger partial charge in [-0.2, -0.15) is 0 Å². The molecule has 0 spiro atoms. The Balaban J connectivity index is -0.0000000150. The van der Waals surface area contributed by atoms with Crippen LogP contribution in [0.4, 0.5) is 4.11 Å². The monoisotopic (exact) mass is 133 g/mol. The van der Waals surface area contributed by atoms with Gasteiger partial charge in [-0.3, -0.25) is 4.11 Å². The van der Waals surface area contributed by atoms with Crippen LogP contribution in [0, 0.1) is 0 Å². The molecular weight excluding hydrogens is 133 g/mol. The maximum absolute atomic E-state index is 9.99. The summed E-state index contributed by atoms with van der Waals surface area (Å²) >= 11 is 0. The smallest absolute Gasteiger partial charge is 0.560 e. The third-order valence-corrected chi connectivity index (χ3v) is 0. The van der Waals surface area contributed by atoms with Gasteiger partial charge in [0.1, 0.15) is 0 Å². The molecule has 24 valence electrons. The van der Waals surface area contributed by atoms with Crippen molar-refractivity contribution in [3.8, 4) is 0 Å². The summed E-state index contributed by atoms with van der Waals surface area (Å²) in [5.41, 5.74) is 0. The van der Waals surface area contributed by atoms with Gasteiger partial charge in [0.15, 0.2) is 0 Å². The fraction of sp³-hybridized carbons (Fsp3) is 0. The van der Waals surface area contributed by atoms with Crippen molar-refractivity contribution < 1.29 is 61.8 Å². The predicted molar refractivity (Wildman–Crippen MR) is 13.3 cm³/mol. The standard InChI is InChI=1S/FO2Si.Li.Mg.Na/c1-4(2)3;;;/q-1;+1;+2;+1. The van der Waals surface area contributed by atoms with Crippen molar-refractivity contribution in [3.05, 3.63) is 0 Å². The third-order valence-electron chi connectivity index (χ3n) is 0. The fourth-order valence-electron chi connectivity index (χ4n) is 0. The molecule has 0 atom stereocenters.